The second-order valence-electron chi connectivity index (χ2n) is 5.14. The first-order valence-corrected chi connectivity index (χ1v) is 6.50. The first-order valence-electron chi connectivity index (χ1n) is 6.50. The third-order valence-corrected chi connectivity index (χ3v) is 3.64. The lowest BCUT2D eigenvalue weighted by molar-refractivity contribution is 0.536. The number of para-hydroxylation sites is 1. The number of rotatable bonds is 4. The second kappa shape index (κ2) is 4.44. The Kier molecular flexibility index (Phi) is 2.78. The van der Waals surface area contributed by atoms with E-state index in [2.05, 4.69) is 22.2 Å². The van der Waals surface area contributed by atoms with E-state index in [1.54, 1.807) is 0 Å². The Labute approximate surface area is 107 Å². The summed E-state index contributed by atoms with van der Waals surface area (Å²) in [6.45, 7) is 3.24. The number of hydrogen-bond donors (Lipinski definition) is 2. The third-order valence-electron chi connectivity index (χ3n) is 3.64. The van der Waals surface area contributed by atoms with Gasteiger partial charge < -0.3 is 11.1 Å². The van der Waals surface area contributed by atoms with E-state index in [0.29, 0.717) is 11.9 Å². The molecular weight excluding hydrogens is 224 g/mol. The molecule has 2 aromatic rings. The van der Waals surface area contributed by atoms with Gasteiger partial charge >= 0.3 is 0 Å². The van der Waals surface area contributed by atoms with Crippen LogP contribution in [-0.4, -0.2) is 16.5 Å². The Morgan fingerprint density at radius 3 is 2.89 bits per heavy atom. The first kappa shape index (κ1) is 11.3. The number of nitrogens with two attached hydrogens (primary N) is 1. The van der Waals surface area contributed by atoms with Crippen LogP contribution in [0.2, 0.25) is 0 Å². The third kappa shape index (κ3) is 2.23. The van der Waals surface area contributed by atoms with Crippen LogP contribution >= 0.6 is 0 Å². The molecule has 1 heterocycles. The summed E-state index contributed by atoms with van der Waals surface area (Å²) in [5, 5.41) is 4.46. The molecule has 4 nitrogen and oxygen atoms in total. The van der Waals surface area contributed by atoms with Crippen molar-refractivity contribution in [2.45, 2.75) is 19.8 Å². The number of hydrogen-bond acceptors (Lipinski definition) is 4. The van der Waals surface area contributed by atoms with E-state index in [-0.39, 0.29) is 0 Å². The van der Waals surface area contributed by atoms with E-state index in [9.17, 15) is 0 Å². The molecule has 1 aromatic heterocycles. The molecule has 1 aliphatic carbocycles. The lowest BCUT2D eigenvalue weighted by Gasteiger charge is -2.13. The van der Waals surface area contributed by atoms with Gasteiger partial charge in [0, 0.05) is 11.9 Å². The Hall–Kier alpha value is -1.84. The number of nitrogen functional groups attached to an aromatic ring is 1. The van der Waals surface area contributed by atoms with E-state index in [1.165, 1.54) is 12.8 Å². The van der Waals surface area contributed by atoms with Crippen molar-refractivity contribution in [1.29, 1.82) is 0 Å². The largest absolute Gasteiger partial charge is 0.369 e. The highest BCUT2D eigenvalue weighted by Crippen LogP contribution is 2.36. The smallest absolute Gasteiger partial charge is 0.222 e. The van der Waals surface area contributed by atoms with Crippen molar-refractivity contribution in [2.75, 3.05) is 17.6 Å². The number of anilines is 2. The summed E-state index contributed by atoms with van der Waals surface area (Å²) >= 11 is 0. The average molecular weight is 242 g/mol. The quantitative estimate of drug-likeness (QED) is 0.865. The van der Waals surface area contributed by atoms with E-state index < -0.39 is 0 Å². The van der Waals surface area contributed by atoms with Crippen molar-refractivity contribution in [3.05, 3.63) is 24.3 Å². The zero-order valence-corrected chi connectivity index (χ0v) is 10.6. The molecule has 3 rings (SSSR count). The van der Waals surface area contributed by atoms with Gasteiger partial charge in [-0.2, -0.15) is 4.98 Å². The number of nitrogens with zero attached hydrogens (tertiary/aromatic N) is 2. The highest BCUT2D eigenvalue weighted by Gasteiger charge is 2.27. The molecule has 1 unspecified atom stereocenters. The van der Waals surface area contributed by atoms with Crippen LogP contribution in [0, 0.1) is 11.8 Å². The molecule has 1 atom stereocenters. The minimum absolute atomic E-state index is 0.329. The van der Waals surface area contributed by atoms with E-state index in [1.807, 2.05) is 24.3 Å². The minimum atomic E-state index is 0.329. The summed E-state index contributed by atoms with van der Waals surface area (Å²) < 4.78 is 0. The standard InChI is InChI=1S/C14H18N4/c1-9(10-6-7-10)8-16-13-11-4-2-3-5-12(11)17-14(15)18-13/h2-5,9-10H,6-8H2,1H3,(H3,15,16,17,18). The minimum Gasteiger partial charge on any atom is -0.369 e. The van der Waals surface area contributed by atoms with Crippen LogP contribution in [0.25, 0.3) is 10.9 Å². The van der Waals surface area contributed by atoms with Crippen LogP contribution in [-0.2, 0) is 0 Å². The van der Waals surface area contributed by atoms with Crippen LogP contribution < -0.4 is 11.1 Å². The van der Waals surface area contributed by atoms with E-state index in [0.717, 1.165) is 29.2 Å². The van der Waals surface area contributed by atoms with Crippen molar-refractivity contribution in [3.8, 4) is 0 Å². The van der Waals surface area contributed by atoms with Crippen LogP contribution in [0.15, 0.2) is 24.3 Å². The second-order valence-corrected chi connectivity index (χ2v) is 5.14. The molecule has 4 heteroatoms. The normalized spacial score (nSPS) is 16.7. The van der Waals surface area contributed by atoms with Gasteiger partial charge in [0.25, 0.3) is 0 Å². The number of aromatic nitrogens is 2. The highest BCUT2D eigenvalue weighted by atomic mass is 15.1. The molecule has 0 bridgehead atoms. The first-order chi connectivity index (χ1) is 8.74. The molecule has 94 valence electrons. The number of fused-ring (bicyclic) bond motifs is 1. The topological polar surface area (TPSA) is 63.8 Å². The molecule has 0 amide bonds. The van der Waals surface area contributed by atoms with Gasteiger partial charge in [0.15, 0.2) is 0 Å². The molecule has 0 radical (unpaired) electrons. The molecule has 1 saturated carbocycles. The van der Waals surface area contributed by atoms with Gasteiger partial charge in [-0.25, -0.2) is 4.98 Å². The van der Waals surface area contributed by atoms with Gasteiger partial charge in [-0.15, -0.1) is 0 Å². The number of nitrogens with one attached hydrogen (secondary N) is 1. The summed E-state index contributed by atoms with van der Waals surface area (Å²) in [7, 11) is 0. The maximum atomic E-state index is 5.74. The van der Waals surface area contributed by atoms with Gasteiger partial charge in [0.1, 0.15) is 5.82 Å². The van der Waals surface area contributed by atoms with Crippen molar-refractivity contribution in [2.24, 2.45) is 11.8 Å². The maximum absolute atomic E-state index is 5.74. The van der Waals surface area contributed by atoms with Crippen molar-refractivity contribution >= 4 is 22.7 Å². The summed E-state index contributed by atoms with van der Waals surface area (Å²) in [4.78, 5) is 8.55. The van der Waals surface area contributed by atoms with Crippen molar-refractivity contribution < 1.29 is 0 Å². The zero-order chi connectivity index (χ0) is 12.5. The molecule has 1 fully saturated rings. The molecule has 0 saturated heterocycles. The summed E-state index contributed by atoms with van der Waals surface area (Å²) in [5.41, 5.74) is 6.64. The molecule has 3 N–H and O–H groups in total. The Morgan fingerprint density at radius 2 is 2.11 bits per heavy atom. The Balaban J connectivity index is 1.85. The Bertz CT molecular complexity index is 563. The van der Waals surface area contributed by atoms with Gasteiger partial charge in [-0.05, 0) is 36.8 Å². The van der Waals surface area contributed by atoms with Gasteiger partial charge in [-0.1, -0.05) is 19.1 Å². The van der Waals surface area contributed by atoms with Gasteiger partial charge in [0.05, 0.1) is 5.52 Å². The maximum Gasteiger partial charge on any atom is 0.222 e. The monoisotopic (exact) mass is 242 g/mol. The van der Waals surface area contributed by atoms with E-state index in [4.69, 9.17) is 5.73 Å². The molecule has 0 spiro atoms. The highest BCUT2D eigenvalue weighted by molar-refractivity contribution is 5.89. The number of benzene rings is 1. The fourth-order valence-corrected chi connectivity index (χ4v) is 2.32. The predicted molar refractivity (Wildman–Crippen MR) is 74.3 cm³/mol. The summed E-state index contributed by atoms with van der Waals surface area (Å²) in [6, 6.07) is 7.95. The lowest BCUT2D eigenvalue weighted by atomic mass is 10.1. The fourth-order valence-electron chi connectivity index (χ4n) is 2.32. The Morgan fingerprint density at radius 1 is 1.33 bits per heavy atom. The van der Waals surface area contributed by atoms with Gasteiger partial charge in [0.2, 0.25) is 5.95 Å². The summed E-state index contributed by atoms with van der Waals surface area (Å²) in [6.07, 6.45) is 2.74. The average Bonchev–Trinajstić information content (AvgIpc) is 3.19. The van der Waals surface area contributed by atoms with E-state index >= 15 is 0 Å². The SMILES string of the molecule is CC(CNc1nc(N)nc2ccccc12)C1CC1. The van der Waals surface area contributed by atoms with Crippen LogP contribution in [0.5, 0.6) is 0 Å². The molecule has 18 heavy (non-hydrogen) atoms. The fraction of sp³-hybridized carbons (Fsp3) is 0.429. The van der Waals surface area contributed by atoms with Gasteiger partial charge in [-0.3, -0.25) is 0 Å². The van der Waals surface area contributed by atoms with Crippen LogP contribution in [0.4, 0.5) is 11.8 Å². The lowest BCUT2D eigenvalue weighted by Crippen LogP contribution is -2.14. The molecule has 1 aromatic carbocycles. The molecule has 1 aliphatic rings. The van der Waals surface area contributed by atoms with Crippen LogP contribution in [0.3, 0.4) is 0 Å². The van der Waals surface area contributed by atoms with Crippen LogP contribution in [0.1, 0.15) is 19.8 Å². The zero-order valence-electron chi connectivity index (χ0n) is 10.6. The summed E-state index contributed by atoms with van der Waals surface area (Å²) in [5.74, 6) is 2.77. The van der Waals surface area contributed by atoms with Crippen molar-refractivity contribution in [3.63, 3.8) is 0 Å². The van der Waals surface area contributed by atoms with Crippen molar-refractivity contribution in [1.82, 2.24) is 9.97 Å². The molecule has 0 aliphatic heterocycles. The molecular formula is C14H18N4. The predicted octanol–water partition coefficient (Wildman–Crippen LogP) is 2.67.